The van der Waals surface area contributed by atoms with Gasteiger partial charge in [-0.15, -0.1) is 0 Å². The van der Waals surface area contributed by atoms with Gasteiger partial charge in [-0.1, -0.05) is 26.7 Å². The van der Waals surface area contributed by atoms with Crippen molar-refractivity contribution in [1.29, 1.82) is 0 Å². The highest BCUT2D eigenvalue weighted by Gasteiger charge is 2.28. The second kappa shape index (κ2) is 6.19. The Bertz CT molecular complexity index is 223. The zero-order chi connectivity index (χ0) is 12.3. The lowest BCUT2D eigenvalue weighted by Gasteiger charge is -2.35. The minimum absolute atomic E-state index is 0.469. The maximum absolute atomic E-state index is 5.84. The summed E-state index contributed by atoms with van der Waals surface area (Å²) < 4.78 is 5.84. The van der Waals surface area contributed by atoms with Crippen molar-refractivity contribution in [2.45, 2.75) is 77.5 Å². The van der Waals surface area contributed by atoms with E-state index in [0.29, 0.717) is 24.1 Å². The van der Waals surface area contributed by atoms with Gasteiger partial charge < -0.3 is 10.1 Å². The molecule has 1 N–H and O–H groups in total. The molecule has 1 saturated carbocycles. The van der Waals surface area contributed by atoms with E-state index >= 15 is 0 Å². The van der Waals surface area contributed by atoms with Gasteiger partial charge in [0.2, 0.25) is 0 Å². The van der Waals surface area contributed by atoms with Crippen molar-refractivity contribution in [3.05, 3.63) is 0 Å². The first kappa shape index (κ1) is 13.4. The highest BCUT2D eigenvalue weighted by molar-refractivity contribution is 4.84. The van der Waals surface area contributed by atoms with Crippen molar-refractivity contribution < 1.29 is 4.74 Å². The predicted octanol–water partition coefficient (Wildman–Crippen LogP) is 3.36. The van der Waals surface area contributed by atoms with E-state index in [2.05, 4.69) is 26.1 Å². The Kier molecular flexibility index (Phi) is 4.87. The van der Waals surface area contributed by atoms with Crippen LogP contribution in [0.3, 0.4) is 0 Å². The molecule has 0 spiro atoms. The molecule has 1 heterocycles. The van der Waals surface area contributed by atoms with E-state index in [1.807, 2.05) is 0 Å². The molecule has 0 aromatic carbocycles. The van der Waals surface area contributed by atoms with Crippen LogP contribution in [0.2, 0.25) is 0 Å². The Morgan fingerprint density at radius 1 is 1.06 bits per heavy atom. The molecular formula is C15H29NO. The van der Waals surface area contributed by atoms with E-state index in [0.717, 1.165) is 12.5 Å². The number of hydrogen-bond acceptors (Lipinski definition) is 2. The van der Waals surface area contributed by atoms with Crippen molar-refractivity contribution in [2.24, 2.45) is 11.8 Å². The number of hydrogen-bond donors (Lipinski definition) is 1. The summed E-state index contributed by atoms with van der Waals surface area (Å²) in [5.74, 6) is 1.58. The topological polar surface area (TPSA) is 21.3 Å². The molecule has 2 rings (SSSR count). The Labute approximate surface area is 107 Å². The van der Waals surface area contributed by atoms with Crippen molar-refractivity contribution in [2.75, 3.05) is 6.61 Å². The highest BCUT2D eigenvalue weighted by Crippen LogP contribution is 2.29. The van der Waals surface area contributed by atoms with Gasteiger partial charge in [-0.2, -0.15) is 0 Å². The fourth-order valence-corrected chi connectivity index (χ4v) is 3.41. The molecule has 100 valence electrons. The van der Waals surface area contributed by atoms with Crippen LogP contribution in [0.1, 0.15) is 59.3 Å². The van der Waals surface area contributed by atoms with E-state index in [-0.39, 0.29) is 0 Å². The van der Waals surface area contributed by atoms with Crippen LogP contribution < -0.4 is 5.32 Å². The Balaban J connectivity index is 1.77. The van der Waals surface area contributed by atoms with E-state index in [1.165, 1.54) is 38.5 Å². The van der Waals surface area contributed by atoms with Gasteiger partial charge in [0.15, 0.2) is 0 Å². The molecule has 0 bridgehead atoms. The first-order chi connectivity index (χ1) is 8.16. The lowest BCUT2D eigenvalue weighted by Crippen LogP contribution is -2.46. The summed E-state index contributed by atoms with van der Waals surface area (Å²) in [4.78, 5) is 0. The number of ether oxygens (including phenoxy) is 1. The Morgan fingerprint density at radius 3 is 2.41 bits per heavy atom. The first-order valence-corrected chi connectivity index (χ1v) is 7.54. The molecule has 0 radical (unpaired) electrons. The van der Waals surface area contributed by atoms with Crippen molar-refractivity contribution >= 4 is 0 Å². The Hall–Kier alpha value is -0.0800. The molecule has 1 aliphatic heterocycles. The second-order valence-corrected chi connectivity index (χ2v) is 6.37. The zero-order valence-corrected chi connectivity index (χ0v) is 11.7. The second-order valence-electron chi connectivity index (χ2n) is 6.37. The average molecular weight is 239 g/mol. The van der Waals surface area contributed by atoms with Gasteiger partial charge in [0.05, 0.1) is 6.10 Å². The molecule has 1 aliphatic carbocycles. The molecule has 0 aromatic heterocycles. The average Bonchev–Trinajstić information content (AvgIpc) is 2.82. The summed E-state index contributed by atoms with van der Waals surface area (Å²) in [5, 5.41) is 3.87. The quantitative estimate of drug-likeness (QED) is 0.812. The van der Waals surface area contributed by atoms with Crippen molar-refractivity contribution in [3.8, 4) is 0 Å². The van der Waals surface area contributed by atoms with Crippen LogP contribution in [0, 0.1) is 11.8 Å². The predicted molar refractivity (Wildman–Crippen MR) is 72.2 cm³/mol. The van der Waals surface area contributed by atoms with Gasteiger partial charge >= 0.3 is 0 Å². The molecular weight excluding hydrogens is 210 g/mol. The summed E-state index contributed by atoms with van der Waals surface area (Å²) in [7, 11) is 0. The van der Waals surface area contributed by atoms with E-state index in [1.54, 1.807) is 0 Å². The number of rotatable bonds is 4. The molecule has 2 aliphatic rings. The fraction of sp³-hybridized carbons (Fsp3) is 1.00. The van der Waals surface area contributed by atoms with Crippen molar-refractivity contribution in [3.63, 3.8) is 0 Å². The Morgan fingerprint density at radius 2 is 1.76 bits per heavy atom. The van der Waals surface area contributed by atoms with Crippen LogP contribution in [0.15, 0.2) is 0 Å². The maximum Gasteiger partial charge on any atom is 0.0612 e. The van der Waals surface area contributed by atoms with E-state index in [9.17, 15) is 0 Å². The first-order valence-electron chi connectivity index (χ1n) is 7.54. The van der Waals surface area contributed by atoms with Crippen molar-refractivity contribution in [1.82, 2.24) is 5.32 Å². The minimum Gasteiger partial charge on any atom is -0.378 e. The smallest absolute Gasteiger partial charge is 0.0612 e. The van der Waals surface area contributed by atoms with Crippen LogP contribution in [0.5, 0.6) is 0 Å². The molecule has 1 saturated heterocycles. The summed E-state index contributed by atoms with van der Waals surface area (Å²) in [5.41, 5.74) is 0. The molecule has 2 nitrogen and oxygen atoms in total. The molecule has 0 aromatic rings. The third kappa shape index (κ3) is 3.69. The van der Waals surface area contributed by atoms with Gasteiger partial charge in [0.25, 0.3) is 0 Å². The van der Waals surface area contributed by atoms with Crippen LogP contribution in [0.25, 0.3) is 0 Å². The molecule has 17 heavy (non-hydrogen) atoms. The fourth-order valence-electron chi connectivity index (χ4n) is 3.41. The third-order valence-electron chi connectivity index (χ3n) is 4.66. The third-order valence-corrected chi connectivity index (χ3v) is 4.66. The molecule has 0 amide bonds. The summed E-state index contributed by atoms with van der Waals surface area (Å²) in [6, 6.07) is 1.39. The largest absolute Gasteiger partial charge is 0.378 e. The molecule has 3 atom stereocenters. The maximum atomic E-state index is 5.84. The summed E-state index contributed by atoms with van der Waals surface area (Å²) >= 11 is 0. The standard InChI is InChI=1S/C15H29NO/c1-11(2)15-10-14(8-9-17-15)16-12(3)13-6-4-5-7-13/h11-16H,4-10H2,1-3H3. The monoisotopic (exact) mass is 239 g/mol. The van der Waals surface area contributed by atoms with Crippen LogP contribution in [0.4, 0.5) is 0 Å². The van der Waals surface area contributed by atoms with Gasteiger partial charge in [0, 0.05) is 18.7 Å². The van der Waals surface area contributed by atoms with E-state index < -0.39 is 0 Å². The summed E-state index contributed by atoms with van der Waals surface area (Å²) in [6.07, 6.45) is 8.63. The normalized spacial score (nSPS) is 33.2. The minimum atomic E-state index is 0.469. The van der Waals surface area contributed by atoms with E-state index in [4.69, 9.17) is 4.74 Å². The van der Waals surface area contributed by atoms with Gasteiger partial charge in [-0.25, -0.2) is 0 Å². The SMILES string of the molecule is CC(C)C1CC(NC(C)C2CCCC2)CCO1. The summed E-state index contributed by atoms with van der Waals surface area (Å²) in [6.45, 7) is 7.87. The molecule has 3 unspecified atom stereocenters. The molecule has 2 heteroatoms. The molecule has 2 fully saturated rings. The van der Waals surface area contributed by atoms with Gasteiger partial charge in [-0.3, -0.25) is 0 Å². The number of nitrogens with one attached hydrogen (secondary N) is 1. The van der Waals surface area contributed by atoms with Gasteiger partial charge in [0.1, 0.15) is 0 Å². The van der Waals surface area contributed by atoms with Crippen LogP contribution in [-0.4, -0.2) is 24.8 Å². The lowest BCUT2D eigenvalue weighted by molar-refractivity contribution is -0.0265. The highest BCUT2D eigenvalue weighted by atomic mass is 16.5. The van der Waals surface area contributed by atoms with Crippen LogP contribution >= 0.6 is 0 Å². The van der Waals surface area contributed by atoms with Gasteiger partial charge in [-0.05, 0) is 44.4 Å². The lowest BCUT2D eigenvalue weighted by atomic mass is 9.93. The zero-order valence-electron chi connectivity index (χ0n) is 11.7. The van der Waals surface area contributed by atoms with Crippen LogP contribution in [-0.2, 0) is 4.74 Å².